The van der Waals surface area contributed by atoms with Crippen LogP contribution in [0.3, 0.4) is 0 Å². The van der Waals surface area contributed by atoms with Gasteiger partial charge in [-0.25, -0.2) is 12.7 Å². The summed E-state index contributed by atoms with van der Waals surface area (Å²) in [6, 6.07) is 13.3. The lowest BCUT2D eigenvalue weighted by Gasteiger charge is -2.30. The van der Waals surface area contributed by atoms with Gasteiger partial charge in [0.05, 0.1) is 20.0 Å². The number of piperidine rings is 1. The van der Waals surface area contributed by atoms with Gasteiger partial charge < -0.3 is 14.8 Å². The number of nitrogens with one attached hydrogen (secondary N) is 1. The van der Waals surface area contributed by atoms with Crippen molar-refractivity contribution in [1.29, 1.82) is 0 Å². The van der Waals surface area contributed by atoms with Crippen molar-refractivity contribution >= 4 is 15.9 Å². The summed E-state index contributed by atoms with van der Waals surface area (Å²) in [5.74, 6) is 1.16. The van der Waals surface area contributed by atoms with Gasteiger partial charge in [-0.2, -0.15) is 0 Å². The lowest BCUT2D eigenvalue weighted by molar-refractivity contribution is -0.126. The number of benzene rings is 2. The van der Waals surface area contributed by atoms with Gasteiger partial charge in [0.1, 0.15) is 0 Å². The van der Waals surface area contributed by atoms with Crippen LogP contribution < -0.4 is 14.8 Å². The standard InChI is InChI=1S/C24H32N2O5S/c1-18-5-4-6-20(15-18)17-32(28,29)26-13-10-21(11-14-26)24(27)25-12-9-19-7-8-22(30-2)23(16-19)31-3/h4-8,15-16,21H,9-14,17H2,1-3H3,(H,25,27). The molecule has 8 heteroatoms. The van der Waals surface area contributed by atoms with Crippen molar-refractivity contribution in [3.63, 3.8) is 0 Å². The summed E-state index contributed by atoms with van der Waals surface area (Å²) < 4.78 is 37.6. The first kappa shape index (κ1) is 24.1. The molecule has 1 amide bonds. The zero-order valence-corrected chi connectivity index (χ0v) is 19.8. The molecule has 32 heavy (non-hydrogen) atoms. The third kappa shape index (κ3) is 6.23. The molecule has 1 fully saturated rings. The van der Waals surface area contributed by atoms with Crippen LogP contribution in [0.5, 0.6) is 11.5 Å². The quantitative estimate of drug-likeness (QED) is 0.622. The molecule has 0 spiro atoms. The smallest absolute Gasteiger partial charge is 0.223 e. The van der Waals surface area contributed by atoms with Gasteiger partial charge >= 0.3 is 0 Å². The second kappa shape index (κ2) is 10.8. The summed E-state index contributed by atoms with van der Waals surface area (Å²) in [6.45, 7) is 3.22. The van der Waals surface area contributed by atoms with Gasteiger partial charge in [-0.1, -0.05) is 35.9 Å². The Morgan fingerprint density at radius 2 is 1.75 bits per heavy atom. The molecular formula is C24H32N2O5S. The Hall–Kier alpha value is -2.58. The summed E-state index contributed by atoms with van der Waals surface area (Å²) in [4.78, 5) is 12.6. The largest absolute Gasteiger partial charge is 0.493 e. The molecule has 1 N–H and O–H groups in total. The number of methoxy groups -OCH3 is 2. The predicted octanol–water partition coefficient (Wildman–Crippen LogP) is 2.91. The number of hydrogen-bond acceptors (Lipinski definition) is 5. The van der Waals surface area contributed by atoms with E-state index < -0.39 is 10.0 Å². The highest BCUT2D eigenvalue weighted by Crippen LogP contribution is 2.27. The topological polar surface area (TPSA) is 84.9 Å². The highest BCUT2D eigenvalue weighted by molar-refractivity contribution is 7.88. The molecular weight excluding hydrogens is 428 g/mol. The molecule has 0 radical (unpaired) electrons. The first-order valence-corrected chi connectivity index (χ1v) is 12.5. The van der Waals surface area contributed by atoms with Crippen LogP contribution in [0.1, 0.15) is 29.5 Å². The van der Waals surface area contributed by atoms with Crippen LogP contribution in [0.4, 0.5) is 0 Å². The van der Waals surface area contributed by atoms with E-state index in [9.17, 15) is 13.2 Å². The fourth-order valence-electron chi connectivity index (χ4n) is 4.01. The predicted molar refractivity (Wildman–Crippen MR) is 124 cm³/mol. The van der Waals surface area contributed by atoms with E-state index in [0.29, 0.717) is 50.4 Å². The molecule has 1 saturated heterocycles. The van der Waals surface area contributed by atoms with Crippen LogP contribution >= 0.6 is 0 Å². The van der Waals surface area contributed by atoms with Crippen molar-refractivity contribution in [1.82, 2.24) is 9.62 Å². The summed E-state index contributed by atoms with van der Waals surface area (Å²) in [5, 5.41) is 2.99. The zero-order chi connectivity index (χ0) is 23.1. The second-order valence-corrected chi connectivity index (χ2v) is 10.1. The minimum Gasteiger partial charge on any atom is -0.493 e. The molecule has 7 nitrogen and oxygen atoms in total. The maximum Gasteiger partial charge on any atom is 0.223 e. The van der Waals surface area contributed by atoms with Gasteiger partial charge in [-0.05, 0) is 49.4 Å². The van der Waals surface area contributed by atoms with Gasteiger partial charge in [0.2, 0.25) is 15.9 Å². The van der Waals surface area contributed by atoms with Crippen LogP contribution in [0.25, 0.3) is 0 Å². The second-order valence-electron chi connectivity index (χ2n) is 8.15. The number of aryl methyl sites for hydroxylation is 1. The lowest BCUT2D eigenvalue weighted by Crippen LogP contribution is -2.43. The van der Waals surface area contributed by atoms with E-state index in [1.807, 2.05) is 49.4 Å². The Kier molecular flexibility index (Phi) is 8.15. The molecule has 1 aliphatic heterocycles. The lowest BCUT2D eigenvalue weighted by atomic mass is 9.97. The van der Waals surface area contributed by atoms with Crippen LogP contribution in [-0.2, 0) is 27.0 Å². The number of carbonyl (C=O) groups is 1. The van der Waals surface area contributed by atoms with Gasteiger partial charge in [0.25, 0.3) is 0 Å². The molecule has 174 valence electrons. The fraction of sp³-hybridized carbons (Fsp3) is 0.458. The van der Waals surface area contributed by atoms with E-state index in [0.717, 1.165) is 16.7 Å². The van der Waals surface area contributed by atoms with E-state index in [1.165, 1.54) is 4.31 Å². The van der Waals surface area contributed by atoms with Crippen molar-refractivity contribution in [2.75, 3.05) is 33.9 Å². The van der Waals surface area contributed by atoms with Crippen LogP contribution in [0, 0.1) is 12.8 Å². The van der Waals surface area contributed by atoms with E-state index in [2.05, 4.69) is 5.32 Å². The van der Waals surface area contributed by atoms with Crippen LogP contribution in [0.15, 0.2) is 42.5 Å². The SMILES string of the molecule is COc1ccc(CCNC(=O)C2CCN(S(=O)(=O)Cc3cccc(C)c3)CC2)cc1OC. The summed E-state index contributed by atoms with van der Waals surface area (Å²) in [6.07, 6.45) is 1.75. The fourth-order valence-corrected chi connectivity index (χ4v) is 5.56. The number of rotatable bonds is 9. The van der Waals surface area contributed by atoms with Crippen molar-refractivity contribution < 1.29 is 22.7 Å². The Labute approximate surface area is 190 Å². The Bertz CT molecular complexity index is 1030. The first-order valence-electron chi connectivity index (χ1n) is 10.8. The number of nitrogens with zero attached hydrogens (tertiary/aromatic N) is 1. The molecule has 0 aliphatic carbocycles. The van der Waals surface area contributed by atoms with E-state index in [4.69, 9.17) is 9.47 Å². The Morgan fingerprint density at radius 1 is 1.03 bits per heavy atom. The van der Waals surface area contributed by atoms with E-state index >= 15 is 0 Å². The Morgan fingerprint density at radius 3 is 2.41 bits per heavy atom. The van der Waals surface area contributed by atoms with Gasteiger partial charge in [0, 0.05) is 25.6 Å². The summed E-state index contributed by atoms with van der Waals surface area (Å²) in [5.41, 5.74) is 2.88. The molecule has 0 unspecified atom stereocenters. The van der Waals surface area contributed by atoms with Crippen LogP contribution in [-0.4, -0.2) is 52.5 Å². The van der Waals surface area contributed by atoms with E-state index in [-0.39, 0.29) is 17.6 Å². The molecule has 1 aliphatic rings. The first-order chi connectivity index (χ1) is 15.3. The maximum absolute atomic E-state index is 12.8. The molecule has 0 atom stereocenters. The molecule has 3 rings (SSSR count). The highest BCUT2D eigenvalue weighted by atomic mass is 32.2. The van der Waals surface area contributed by atoms with Crippen molar-refractivity contribution in [3.05, 3.63) is 59.2 Å². The van der Waals surface area contributed by atoms with Crippen molar-refractivity contribution in [2.45, 2.75) is 31.9 Å². The van der Waals surface area contributed by atoms with Gasteiger partial charge in [-0.3, -0.25) is 4.79 Å². The van der Waals surface area contributed by atoms with Crippen LogP contribution in [0.2, 0.25) is 0 Å². The summed E-state index contributed by atoms with van der Waals surface area (Å²) >= 11 is 0. The summed E-state index contributed by atoms with van der Waals surface area (Å²) in [7, 11) is -0.200. The maximum atomic E-state index is 12.8. The molecule has 2 aromatic rings. The van der Waals surface area contributed by atoms with Crippen molar-refractivity contribution in [2.24, 2.45) is 5.92 Å². The molecule has 0 saturated carbocycles. The normalized spacial score (nSPS) is 15.3. The Balaban J connectivity index is 1.46. The molecule has 1 heterocycles. The molecule has 0 aromatic heterocycles. The minimum absolute atomic E-state index is 0.00311. The monoisotopic (exact) mass is 460 g/mol. The number of sulfonamides is 1. The average molecular weight is 461 g/mol. The molecule has 0 bridgehead atoms. The average Bonchev–Trinajstić information content (AvgIpc) is 2.78. The third-order valence-corrected chi connectivity index (χ3v) is 7.66. The number of carbonyl (C=O) groups excluding carboxylic acids is 1. The van der Waals surface area contributed by atoms with E-state index in [1.54, 1.807) is 14.2 Å². The number of hydrogen-bond donors (Lipinski definition) is 1. The minimum atomic E-state index is -3.39. The van der Waals surface area contributed by atoms with Crippen molar-refractivity contribution in [3.8, 4) is 11.5 Å². The van der Waals surface area contributed by atoms with Gasteiger partial charge in [0.15, 0.2) is 11.5 Å². The van der Waals surface area contributed by atoms with Gasteiger partial charge in [-0.15, -0.1) is 0 Å². The number of amides is 1. The molecule has 2 aromatic carbocycles. The third-order valence-electron chi connectivity index (χ3n) is 5.81. The number of ether oxygens (including phenoxy) is 2. The zero-order valence-electron chi connectivity index (χ0n) is 19.0. The highest BCUT2D eigenvalue weighted by Gasteiger charge is 2.31.